The normalized spacial score (nSPS) is 10.4. The Morgan fingerprint density at radius 3 is 2.96 bits per heavy atom. The number of phenols is 1. The van der Waals surface area contributed by atoms with Crippen LogP contribution in [0.5, 0.6) is 5.75 Å². The Morgan fingerprint density at radius 2 is 2.17 bits per heavy atom. The van der Waals surface area contributed by atoms with Gasteiger partial charge in [-0.1, -0.05) is 17.8 Å². The quantitative estimate of drug-likeness (QED) is 0.694. The number of thioether (sulfide) groups is 1. The van der Waals surface area contributed by atoms with Crippen LogP contribution in [-0.4, -0.2) is 31.9 Å². The third-order valence-corrected chi connectivity index (χ3v) is 3.59. The van der Waals surface area contributed by atoms with Crippen LogP contribution in [0.4, 0.5) is 5.69 Å². The van der Waals surface area contributed by atoms with Crippen LogP contribution in [0.2, 0.25) is 0 Å². The molecule has 0 aliphatic heterocycles. The second-order valence-corrected chi connectivity index (χ2v) is 5.43. The Labute approximate surface area is 135 Å². The standard InChI is InChI=1S/C15H12N4O3S/c20-12-5-1-4-11(7-12)17-13(21)9-23-15-19-18-14(22-15)10-3-2-6-16-8-10/h1-8,20H,9H2,(H,17,21). The fourth-order valence-electron chi connectivity index (χ4n) is 1.78. The van der Waals surface area contributed by atoms with Crippen LogP contribution in [0.3, 0.4) is 0 Å². The van der Waals surface area contributed by atoms with Crippen molar-refractivity contribution in [2.75, 3.05) is 11.1 Å². The highest BCUT2D eigenvalue weighted by atomic mass is 32.2. The van der Waals surface area contributed by atoms with Gasteiger partial charge in [-0.15, -0.1) is 10.2 Å². The second-order valence-electron chi connectivity index (χ2n) is 4.50. The number of amides is 1. The van der Waals surface area contributed by atoms with E-state index in [9.17, 15) is 9.90 Å². The molecule has 116 valence electrons. The Balaban J connectivity index is 1.56. The molecule has 0 aliphatic rings. The van der Waals surface area contributed by atoms with Crippen molar-refractivity contribution in [1.29, 1.82) is 0 Å². The van der Waals surface area contributed by atoms with Gasteiger partial charge in [-0.25, -0.2) is 0 Å². The van der Waals surface area contributed by atoms with E-state index in [1.165, 1.54) is 12.1 Å². The van der Waals surface area contributed by atoms with Crippen molar-refractivity contribution in [1.82, 2.24) is 15.2 Å². The number of aromatic nitrogens is 3. The minimum atomic E-state index is -0.235. The summed E-state index contributed by atoms with van der Waals surface area (Å²) in [5.41, 5.74) is 1.24. The van der Waals surface area contributed by atoms with Crippen LogP contribution in [0.25, 0.3) is 11.5 Å². The van der Waals surface area contributed by atoms with Crippen LogP contribution in [-0.2, 0) is 4.79 Å². The van der Waals surface area contributed by atoms with Gasteiger partial charge in [-0.05, 0) is 24.3 Å². The SMILES string of the molecule is O=C(CSc1nnc(-c2cccnc2)o1)Nc1cccc(O)c1. The molecule has 2 heterocycles. The van der Waals surface area contributed by atoms with Gasteiger partial charge in [0.05, 0.1) is 11.3 Å². The average Bonchev–Trinajstić information content (AvgIpc) is 3.03. The summed E-state index contributed by atoms with van der Waals surface area (Å²) in [4.78, 5) is 15.8. The van der Waals surface area contributed by atoms with Gasteiger partial charge in [0.2, 0.25) is 11.8 Å². The van der Waals surface area contributed by atoms with E-state index in [1.54, 1.807) is 30.6 Å². The Morgan fingerprint density at radius 1 is 1.26 bits per heavy atom. The van der Waals surface area contributed by atoms with E-state index in [0.717, 1.165) is 17.3 Å². The van der Waals surface area contributed by atoms with Crippen molar-refractivity contribution in [3.63, 3.8) is 0 Å². The Bertz CT molecular complexity index is 807. The molecule has 0 spiro atoms. The molecule has 8 heteroatoms. The molecular weight excluding hydrogens is 316 g/mol. The summed E-state index contributed by atoms with van der Waals surface area (Å²) < 4.78 is 5.47. The summed E-state index contributed by atoms with van der Waals surface area (Å²) in [7, 11) is 0. The van der Waals surface area contributed by atoms with Crippen LogP contribution < -0.4 is 5.32 Å². The number of rotatable bonds is 5. The van der Waals surface area contributed by atoms with Crippen molar-refractivity contribution in [2.45, 2.75) is 5.22 Å². The van der Waals surface area contributed by atoms with Gasteiger partial charge < -0.3 is 14.8 Å². The van der Waals surface area contributed by atoms with Crippen LogP contribution in [0.1, 0.15) is 0 Å². The number of hydrogen-bond donors (Lipinski definition) is 2. The molecule has 7 nitrogen and oxygen atoms in total. The molecule has 3 aromatic rings. The minimum absolute atomic E-state index is 0.0912. The summed E-state index contributed by atoms with van der Waals surface area (Å²) in [6.45, 7) is 0. The molecular formula is C15H12N4O3S. The number of nitrogens with zero attached hydrogens (tertiary/aromatic N) is 3. The molecule has 0 saturated carbocycles. The fraction of sp³-hybridized carbons (Fsp3) is 0.0667. The second kappa shape index (κ2) is 6.93. The predicted molar refractivity (Wildman–Crippen MR) is 85.0 cm³/mol. The van der Waals surface area contributed by atoms with Gasteiger partial charge in [-0.2, -0.15) is 0 Å². The first-order valence-corrected chi connectivity index (χ1v) is 7.65. The number of anilines is 1. The van der Waals surface area contributed by atoms with Gasteiger partial charge in [0.15, 0.2) is 0 Å². The number of pyridine rings is 1. The summed E-state index contributed by atoms with van der Waals surface area (Å²) in [5, 5.41) is 20.1. The molecule has 0 fully saturated rings. The predicted octanol–water partition coefficient (Wildman–Crippen LogP) is 2.57. The molecule has 0 radical (unpaired) electrons. The number of benzene rings is 1. The maximum atomic E-state index is 11.9. The Kier molecular flexibility index (Phi) is 4.53. The van der Waals surface area contributed by atoms with Crippen molar-refractivity contribution in [3.8, 4) is 17.2 Å². The molecule has 2 N–H and O–H groups in total. The van der Waals surface area contributed by atoms with Gasteiger partial charge in [0.25, 0.3) is 5.22 Å². The highest BCUT2D eigenvalue weighted by Gasteiger charge is 2.11. The molecule has 0 aliphatic carbocycles. The van der Waals surface area contributed by atoms with E-state index in [-0.39, 0.29) is 17.4 Å². The fourth-order valence-corrected chi connectivity index (χ4v) is 2.35. The molecule has 2 aromatic heterocycles. The third kappa shape index (κ3) is 4.07. The van der Waals surface area contributed by atoms with Gasteiger partial charge in [-0.3, -0.25) is 9.78 Å². The summed E-state index contributed by atoms with van der Waals surface area (Å²) >= 11 is 1.13. The van der Waals surface area contributed by atoms with E-state index in [2.05, 4.69) is 20.5 Å². The monoisotopic (exact) mass is 328 g/mol. The van der Waals surface area contributed by atoms with Crippen molar-refractivity contribution in [3.05, 3.63) is 48.8 Å². The van der Waals surface area contributed by atoms with E-state index in [4.69, 9.17) is 4.42 Å². The van der Waals surface area contributed by atoms with Crippen LogP contribution in [0.15, 0.2) is 58.4 Å². The van der Waals surface area contributed by atoms with Crippen LogP contribution in [0, 0.1) is 0 Å². The molecule has 0 unspecified atom stereocenters. The lowest BCUT2D eigenvalue weighted by Gasteiger charge is -2.03. The average molecular weight is 328 g/mol. The zero-order valence-electron chi connectivity index (χ0n) is 11.8. The number of hydrogen-bond acceptors (Lipinski definition) is 7. The van der Waals surface area contributed by atoms with E-state index < -0.39 is 0 Å². The maximum Gasteiger partial charge on any atom is 0.277 e. The molecule has 23 heavy (non-hydrogen) atoms. The first-order chi connectivity index (χ1) is 11.2. The lowest BCUT2D eigenvalue weighted by Crippen LogP contribution is -2.13. The molecule has 3 rings (SSSR count). The highest BCUT2D eigenvalue weighted by Crippen LogP contribution is 2.22. The largest absolute Gasteiger partial charge is 0.508 e. The smallest absolute Gasteiger partial charge is 0.277 e. The summed E-state index contributed by atoms with van der Waals surface area (Å²) in [5.74, 6) is 0.328. The minimum Gasteiger partial charge on any atom is -0.508 e. The number of carbonyl (C=O) groups excluding carboxylic acids is 1. The summed E-state index contributed by atoms with van der Waals surface area (Å²) in [6.07, 6.45) is 3.28. The topological polar surface area (TPSA) is 101 Å². The Hall–Kier alpha value is -2.87. The maximum absolute atomic E-state index is 11.9. The zero-order valence-corrected chi connectivity index (χ0v) is 12.7. The number of nitrogens with one attached hydrogen (secondary N) is 1. The van der Waals surface area contributed by atoms with Crippen molar-refractivity contribution < 1.29 is 14.3 Å². The van der Waals surface area contributed by atoms with Gasteiger partial charge in [0.1, 0.15) is 5.75 Å². The highest BCUT2D eigenvalue weighted by molar-refractivity contribution is 7.99. The van der Waals surface area contributed by atoms with Gasteiger partial charge in [0, 0.05) is 24.1 Å². The van der Waals surface area contributed by atoms with E-state index >= 15 is 0 Å². The molecule has 0 atom stereocenters. The molecule has 1 aromatic carbocycles. The lowest BCUT2D eigenvalue weighted by molar-refractivity contribution is -0.113. The van der Waals surface area contributed by atoms with Crippen LogP contribution >= 0.6 is 11.8 Å². The molecule has 0 bridgehead atoms. The zero-order chi connectivity index (χ0) is 16.1. The van der Waals surface area contributed by atoms with Crippen molar-refractivity contribution in [2.24, 2.45) is 0 Å². The third-order valence-electron chi connectivity index (χ3n) is 2.77. The molecule has 0 saturated heterocycles. The number of aromatic hydroxyl groups is 1. The number of phenolic OH excluding ortho intramolecular Hbond substituents is 1. The number of carbonyl (C=O) groups is 1. The summed E-state index contributed by atoms with van der Waals surface area (Å²) in [6, 6.07) is 9.92. The van der Waals surface area contributed by atoms with E-state index in [0.29, 0.717) is 16.8 Å². The lowest BCUT2D eigenvalue weighted by atomic mass is 10.3. The van der Waals surface area contributed by atoms with E-state index in [1.807, 2.05) is 6.07 Å². The first-order valence-electron chi connectivity index (χ1n) is 6.66. The first kappa shape index (κ1) is 15.0. The molecule has 1 amide bonds. The van der Waals surface area contributed by atoms with Crippen molar-refractivity contribution >= 4 is 23.4 Å². The van der Waals surface area contributed by atoms with Gasteiger partial charge >= 0.3 is 0 Å².